The van der Waals surface area contributed by atoms with E-state index in [9.17, 15) is 0 Å². The van der Waals surface area contributed by atoms with E-state index in [0.29, 0.717) is 11.0 Å². The van der Waals surface area contributed by atoms with Crippen LogP contribution in [0.2, 0.25) is 0 Å². The molecule has 0 aliphatic carbocycles. The van der Waals surface area contributed by atoms with E-state index in [1.807, 2.05) is 37.4 Å². The minimum atomic E-state index is -1.56. The fourth-order valence-corrected chi connectivity index (χ4v) is 2.23. The maximum atomic E-state index is 5.89. The second-order valence-electron chi connectivity index (χ2n) is 4.02. The van der Waals surface area contributed by atoms with Gasteiger partial charge in [-0.1, -0.05) is 76.4 Å². The van der Waals surface area contributed by atoms with Crippen molar-refractivity contribution in [1.82, 2.24) is 5.32 Å². The van der Waals surface area contributed by atoms with Gasteiger partial charge < -0.3 is 5.32 Å². The van der Waals surface area contributed by atoms with E-state index in [4.69, 9.17) is 34.8 Å². The van der Waals surface area contributed by atoms with Crippen LogP contribution in [0.1, 0.15) is 11.1 Å². The minimum Gasteiger partial charge on any atom is -0.319 e. The predicted molar refractivity (Wildman–Crippen MR) is 85.9 cm³/mol. The topological polar surface area (TPSA) is 36.8 Å². The lowest BCUT2D eigenvalue weighted by molar-refractivity contribution is 0.717. The highest BCUT2D eigenvalue weighted by Crippen LogP contribution is 2.34. The molecule has 19 heavy (non-hydrogen) atoms. The van der Waals surface area contributed by atoms with Crippen LogP contribution in [0, 0.1) is 6.92 Å². The largest absolute Gasteiger partial charge is 0.319 e. The van der Waals surface area contributed by atoms with Gasteiger partial charge in [-0.2, -0.15) is 0 Å². The Kier molecular flexibility index (Phi) is 4.66. The summed E-state index contributed by atoms with van der Waals surface area (Å²) in [4.78, 5) is 8.61. The number of hydrogen-bond acceptors (Lipinski definition) is 4. The number of hydrogen-bond donors (Lipinski definition) is 1. The summed E-state index contributed by atoms with van der Waals surface area (Å²) in [6.45, 7) is 2.03. The Balaban J connectivity index is 2.35. The van der Waals surface area contributed by atoms with Crippen molar-refractivity contribution in [3.8, 4) is 0 Å². The van der Waals surface area contributed by atoms with Gasteiger partial charge in [-0.15, -0.1) is 0 Å². The number of aliphatic imine (C=N–C) groups is 2. The van der Waals surface area contributed by atoms with Crippen LogP contribution < -0.4 is 5.32 Å². The quantitative estimate of drug-likeness (QED) is 0.793. The van der Waals surface area contributed by atoms with Crippen LogP contribution in [0.3, 0.4) is 0 Å². The van der Waals surface area contributed by atoms with Gasteiger partial charge in [0.2, 0.25) is 3.79 Å². The SMILES string of the molecule is CSC1=N[C@H](C(Cl)(Cl)Cl)N=C(c2ccc(C)cc2)N1. The van der Waals surface area contributed by atoms with Crippen LogP contribution in [-0.2, 0) is 0 Å². The summed E-state index contributed by atoms with van der Waals surface area (Å²) in [5, 5.41) is 3.81. The molecule has 0 unspecified atom stereocenters. The molecule has 0 amide bonds. The maximum Gasteiger partial charge on any atom is 0.232 e. The first-order valence-electron chi connectivity index (χ1n) is 5.50. The highest BCUT2D eigenvalue weighted by atomic mass is 35.6. The molecule has 0 aromatic heterocycles. The van der Waals surface area contributed by atoms with Gasteiger partial charge in [0.15, 0.2) is 11.3 Å². The molecule has 1 aliphatic rings. The molecule has 0 fully saturated rings. The van der Waals surface area contributed by atoms with Crippen molar-refractivity contribution >= 4 is 57.6 Å². The Morgan fingerprint density at radius 1 is 1.16 bits per heavy atom. The van der Waals surface area contributed by atoms with Crippen molar-refractivity contribution in [1.29, 1.82) is 0 Å². The zero-order valence-electron chi connectivity index (χ0n) is 10.3. The molecule has 0 saturated carbocycles. The maximum absolute atomic E-state index is 5.89. The van der Waals surface area contributed by atoms with E-state index in [2.05, 4.69) is 15.3 Å². The number of rotatable bonds is 1. The van der Waals surface area contributed by atoms with Gasteiger partial charge in [0.1, 0.15) is 5.84 Å². The van der Waals surface area contributed by atoms with Crippen LogP contribution in [0.5, 0.6) is 0 Å². The molecule has 1 N–H and O–H groups in total. The lowest BCUT2D eigenvalue weighted by atomic mass is 10.1. The van der Waals surface area contributed by atoms with Crippen LogP contribution in [-0.4, -0.2) is 27.2 Å². The number of thioether (sulfide) groups is 1. The molecule has 1 heterocycles. The van der Waals surface area contributed by atoms with Crippen LogP contribution >= 0.6 is 46.6 Å². The standard InChI is InChI=1S/C12H12Cl3N3S/c1-7-3-5-8(6-4-7)9-16-10(12(13,14)15)18-11(17-9)19-2/h3-6,10H,1-2H3,(H,16,17,18)/t10-/m1/s1. The van der Waals surface area contributed by atoms with Gasteiger partial charge in [0, 0.05) is 5.56 Å². The second kappa shape index (κ2) is 5.92. The Morgan fingerprint density at radius 3 is 2.32 bits per heavy atom. The third kappa shape index (κ3) is 3.78. The molecule has 0 bridgehead atoms. The van der Waals surface area contributed by atoms with Crippen LogP contribution in [0.25, 0.3) is 0 Å². The number of benzene rings is 1. The summed E-state index contributed by atoms with van der Waals surface area (Å²) < 4.78 is -1.56. The summed E-state index contributed by atoms with van der Waals surface area (Å²) in [5.74, 6) is 0.663. The smallest absolute Gasteiger partial charge is 0.232 e. The second-order valence-corrected chi connectivity index (χ2v) is 7.19. The van der Waals surface area contributed by atoms with E-state index in [1.165, 1.54) is 17.3 Å². The molecule has 1 atom stereocenters. The first kappa shape index (κ1) is 15.0. The van der Waals surface area contributed by atoms with Gasteiger partial charge in [0.25, 0.3) is 0 Å². The fraction of sp³-hybridized carbons (Fsp3) is 0.333. The van der Waals surface area contributed by atoms with Crippen LogP contribution in [0.4, 0.5) is 0 Å². The number of nitrogens with one attached hydrogen (secondary N) is 1. The van der Waals surface area contributed by atoms with Gasteiger partial charge >= 0.3 is 0 Å². The van der Waals surface area contributed by atoms with Crippen molar-refractivity contribution in [2.45, 2.75) is 16.9 Å². The third-order valence-electron chi connectivity index (χ3n) is 2.53. The molecule has 102 valence electrons. The van der Waals surface area contributed by atoms with Gasteiger partial charge in [-0.25, -0.2) is 9.98 Å². The van der Waals surface area contributed by atoms with Gasteiger partial charge in [-0.3, -0.25) is 0 Å². The Hall–Kier alpha value is -0.420. The number of amidine groups is 2. The number of aryl methyl sites for hydroxylation is 1. The van der Waals surface area contributed by atoms with Gasteiger partial charge in [0.05, 0.1) is 0 Å². The molecule has 0 radical (unpaired) electrons. The predicted octanol–water partition coefficient (Wildman–Crippen LogP) is 3.76. The Bertz CT molecular complexity index is 520. The average Bonchev–Trinajstić information content (AvgIpc) is 2.38. The molecular weight excluding hydrogens is 325 g/mol. The fourth-order valence-electron chi connectivity index (χ4n) is 1.54. The summed E-state index contributed by atoms with van der Waals surface area (Å²) in [6.07, 6.45) is 1.16. The van der Waals surface area contributed by atoms with E-state index in [1.54, 1.807) is 0 Å². The van der Waals surface area contributed by atoms with E-state index in [-0.39, 0.29) is 0 Å². The number of alkyl halides is 3. The van der Waals surface area contributed by atoms with Gasteiger partial charge in [-0.05, 0) is 13.2 Å². The van der Waals surface area contributed by atoms with Crippen molar-refractivity contribution in [3.63, 3.8) is 0 Å². The Labute approximate surface area is 131 Å². The summed E-state index contributed by atoms with van der Waals surface area (Å²) in [7, 11) is 0. The highest BCUT2D eigenvalue weighted by molar-refractivity contribution is 8.13. The molecule has 1 aromatic rings. The lowest BCUT2D eigenvalue weighted by Gasteiger charge is -2.24. The van der Waals surface area contributed by atoms with Crippen molar-refractivity contribution in [2.24, 2.45) is 9.98 Å². The molecule has 3 nitrogen and oxygen atoms in total. The first-order valence-corrected chi connectivity index (χ1v) is 7.86. The van der Waals surface area contributed by atoms with E-state index < -0.39 is 9.96 Å². The number of halogens is 3. The zero-order chi connectivity index (χ0) is 14.0. The average molecular weight is 337 g/mol. The molecule has 0 saturated heterocycles. The molecule has 1 aromatic carbocycles. The lowest BCUT2D eigenvalue weighted by Crippen LogP contribution is -2.39. The highest BCUT2D eigenvalue weighted by Gasteiger charge is 2.35. The number of nitrogens with zero attached hydrogens (tertiary/aromatic N) is 2. The molecule has 7 heteroatoms. The Morgan fingerprint density at radius 2 is 1.79 bits per heavy atom. The van der Waals surface area contributed by atoms with Crippen molar-refractivity contribution in [2.75, 3.05) is 6.26 Å². The minimum absolute atomic E-state index is 0.663. The summed E-state index contributed by atoms with van der Waals surface area (Å²) >= 11 is 19.1. The summed E-state index contributed by atoms with van der Waals surface area (Å²) in [5.41, 5.74) is 2.11. The summed E-state index contributed by atoms with van der Waals surface area (Å²) in [6, 6.07) is 7.96. The van der Waals surface area contributed by atoms with E-state index >= 15 is 0 Å². The molecule has 1 aliphatic heterocycles. The zero-order valence-corrected chi connectivity index (χ0v) is 13.4. The van der Waals surface area contributed by atoms with Crippen LogP contribution in [0.15, 0.2) is 34.3 Å². The normalized spacial score (nSPS) is 19.5. The molecule has 2 rings (SSSR count). The third-order valence-corrected chi connectivity index (χ3v) is 3.71. The first-order chi connectivity index (χ1) is 8.90. The monoisotopic (exact) mass is 335 g/mol. The molecular formula is C12H12Cl3N3S. The van der Waals surface area contributed by atoms with Crippen molar-refractivity contribution < 1.29 is 0 Å². The molecule has 0 spiro atoms. The van der Waals surface area contributed by atoms with E-state index in [0.717, 1.165) is 5.56 Å². The van der Waals surface area contributed by atoms with Crippen molar-refractivity contribution in [3.05, 3.63) is 35.4 Å².